The Morgan fingerprint density at radius 2 is 1.85 bits per heavy atom. The molecule has 0 aliphatic carbocycles. The Morgan fingerprint density at radius 3 is 2.38 bits per heavy atom. The van der Waals surface area contributed by atoms with E-state index in [2.05, 4.69) is 15.4 Å². The van der Waals surface area contributed by atoms with Gasteiger partial charge >= 0.3 is 18.3 Å². The van der Waals surface area contributed by atoms with Crippen LogP contribution in [0.3, 0.4) is 0 Å². The number of amides is 3. The molecule has 34 heavy (non-hydrogen) atoms. The fraction of sp³-hybridized carbons (Fsp3) is 0.364. The van der Waals surface area contributed by atoms with E-state index in [4.69, 9.17) is 9.47 Å². The molecule has 1 aliphatic heterocycles. The Morgan fingerprint density at radius 1 is 1.18 bits per heavy atom. The van der Waals surface area contributed by atoms with Gasteiger partial charge < -0.3 is 19.7 Å². The third kappa shape index (κ3) is 5.38. The summed E-state index contributed by atoms with van der Waals surface area (Å²) < 4.78 is 48.2. The molecule has 1 N–H and O–H groups in total. The molecular formula is C22H24F3N5O4. The number of rotatable bonds is 5. The average molecular weight is 479 g/mol. The largest absolute Gasteiger partial charge is 0.497 e. The molecule has 12 heteroatoms. The predicted molar refractivity (Wildman–Crippen MR) is 116 cm³/mol. The van der Waals surface area contributed by atoms with Gasteiger partial charge in [0.15, 0.2) is 0 Å². The van der Waals surface area contributed by atoms with Crippen LogP contribution in [-0.2, 0) is 10.9 Å². The van der Waals surface area contributed by atoms with Crippen molar-refractivity contribution in [3.63, 3.8) is 0 Å². The average Bonchev–Trinajstić information content (AvgIpc) is 3.28. The number of hydrogen-bond donors (Lipinski definition) is 1. The maximum Gasteiger partial charge on any atom is 0.433 e. The highest BCUT2D eigenvalue weighted by Gasteiger charge is 2.37. The van der Waals surface area contributed by atoms with E-state index in [0.717, 1.165) is 17.3 Å². The third-order valence-corrected chi connectivity index (χ3v) is 5.36. The van der Waals surface area contributed by atoms with E-state index < -0.39 is 36.1 Å². The maximum absolute atomic E-state index is 12.9. The first kappa shape index (κ1) is 24.8. The standard InChI is InChI=1S/C22H24F3N5O4/c1-13(15-7-10-18(26-11-15)22(23,24)25)27-20(31)30-12-17(29(2)21(32)34-4)19(28-30)14-5-8-16(33-3)9-6-14/h5-11,13,17H,12H2,1-4H3,(H,27,31)/t13-,17-/m1/s1. The molecule has 0 spiro atoms. The lowest BCUT2D eigenvalue weighted by Gasteiger charge is -2.25. The number of benzene rings is 1. The summed E-state index contributed by atoms with van der Waals surface area (Å²) in [7, 11) is 4.32. The van der Waals surface area contributed by atoms with Crippen LogP contribution in [0.25, 0.3) is 0 Å². The predicted octanol–water partition coefficient (Wildman–Crippen LogP) is 3.67. The third-order valence-electron chi connectivity index (χ3n) is 5.36. The first-order valence-electron chi connectivity index (χ1n) is 10.2. The molecule has 0 unspecified atom stereocenters. The number of ether oxygens (including phenoxy) is 2. The van der Waals surface area contributed by atoms with Gasteiger partial charge in [-0.05, 0) is 42.8 Å². The number of carbonyl (C=O) groups is 2. The molecule has 0 radical (unpaired) electrons. The Balaban J connectivity index is 1.79. The van der Waals surface area contributed by atoms with E-state index in [0.29, 0.717) is 22.6 Å². The minimum absolute atomic E-state index is 0.0524. The fourth-order valence-electron chi connectivity index (χ4n) is 3.38. The number of nitrogens with zero attached hydrogens (tertiary/aromatic N) is 4. The summed E-state index contributed by atoms with van der Waals surface area (Å²) >= 11 is 0. The minimum Gasteiger partial charge on any atom is -0.497 e. The smallest absolute Gasteiger partial charge is 0.433 e. The van der Waals surface area contributed by atoms with Crippen LogP contribution in [0.1, 0.15) is 29.8 Å². The zero-order chi connectivity index (χ0) is 25.0. The van der Waals surface area contributed by atoms with E-state index in [1.54, 1.807) is 31.2 Å². The first-order valence-corrected chi connectivity index (χ1v) is 10.2. The molecule has 2 atom stereocenters. The van der Waals surface area contributed by atoms with Crippen molar-refractivity contribution in [1.82, 2.24) is 20.2 Å². The summed E-state index contributed by atoms with van der Waals surface area (Å²) in [5, 5.41) is 8.27. The number of hydrazone groups is 1. The Hall–Kier alpha value is -3.83. The zero-order valence-corrected chi connectivity index (χ0v) is 19.0. The van der Waals surface area contributed by atoms with E-state index in [1.807, 2.05) is 0 Å². The molecule has 2 aromatic rings. The van der Waals surface area contributed by atoms with Crippen molar-refractivity contribution in [2.75, 3.05) is 27.8 Å². The molecule has 1 aliphatic rings. The summed E-state index contributed by atoms with van der Waals surface area (Å²) in [6.45, 7) is 1.67. The molecule has 9 nitrogen and oxygen atoms in total. The van der Waals surface area contributed by atoms with Gasteiger partial charge in [-0.2, -0.15) is 18.3 Å². The van der Waals surface area contributed by atoms with Crippen LogP contribution in [0.5, 0.6) is 5.75 Å². The van der Waals surface area contributed by atoms with Gasteiger partial charge in [-0.3, -0.25) is 4.98 Å². The molecule has 182 valence electrons. The molecule has 0 fully saturated rings. The van der Waals surface area contributed by atoms with Gasteiger partial charge in [0.05, 0.1) is 38.6 Å². The minimum atomic E-state index is -4.55. The van der Waals surface area contributed by atoms with Crippen molar-refractivity contribution in [3.05, 3.63) is 59.4 Å². The van der Waals surface area contributed by atoms with Crippen molar-refractivity contribution in [3.8, 4) is 5.75 Å². The lowest BCUT2D eigenvalue weighted by Crippen LogP contribution is -2.46. The van der Waals surface area contributed by atoms with Crippen molar-refractivity contribution in [1.29, 1.82) is 0 Å². The van der Waals surface area contributed by atoms with Gasteiger partial charge in [0.25, 0.3) is 0 Å². The van der Waals surface area contributed by atoms with Crippen molar-refractivity contribution < 1.29 is 32.2 Å². The molecule has 2 heterocycles. The maximum atomic E-state index is 12.9. The van der Waals surface area contributed by atoms with E-state index in [-0.39, 0.29) is 6.54 Å². The lowest BCUT2D eigenvalue weighted by atomic mass is 10.0. The highest BCUT2D eigenvalue weighted by molar-refractivity contribution is 6.07. The number of likely N-dealkylation sites (N-methyl/N-ethyl adjacent to an activating group) is 1. The highest BCUT2D eigenvalue weighted by Crippen LogP contribution is 2.28. The Labute approximate surface area is 194 Å². The highest BCUT2D eigenvalue weighted by atomic mass is 19.4. The number of methoxy groups -OCH3 is 2. The van der Waals surface area contributed by atoms with E-state index in [1.165, 1.54) is 32.2 Å². The van der Waals surface area contributed by atoms with Gasteiger partial charge in [0, 0.05) is 18.8 Å². The molecule has 3 amide bonds. The molecule has 0 saturated heterocycles. The van der Waals surface area contributed by atoms with Crippen molar-refractivity contribution in [2.24, 2.45) is 5.10 Å². The number of pyridine rings is 1. The van der Waals surface area contributed by atoms with Crippen LogP contribution in [0.2, 0.25) is 0 Å². The molecule has 1 aromatic heterocycles. The Kier molecular flexibility index (Phi) is 7.28. The molecule has 0 bridgehead atoms. The lowest BCUT2D eigenvalue weighted by molar-refractivity contribution is -0.141. The number of alkyl halides is 3. The van der Waals surface area contributed by atoms with Crippen LogP contribution in [0, 0.1) is 0 Å². The van der Waals surface area contributed by atoms with Gasteiger partial charge in [0.1, 0.15) is 11.4 Å². The molecule has 1 aromatic carbocycles. The summed E-state index contributed by atoms with van der Waals surface area (Å²) in [6, 6.07) is 7.28. The van der Waals surface area contributed by atoms with Gasteiger partial charge in [-0.1, -0.05) is 6.07 Å². The normalized spacial score (nSPS) is 16.5. The second-order valence-corrected chi connectivity index (χ2v) is 7.54. The van der Waals surface area contributed by atoms with Crippen LogP contribution >= 0.6 is 0 Å². The number of halogens is 3. The number of hydrogen-bond acceptors (Lipinski definition) is 6. The van der Waals surface area contributed by atoms with Crippen LogP contribution in [0.15, 0.2) is 47.7 Å². The summed E-state index contributed by atoms with van der Waals surface area (Å²) in [6.07, 6.45) is -4.08. The number of carbonyl (C=O) groups excluding carboxylic acids is 2. The SMILES string of the molecule is COC(=O)N(C)[C@@H]1CN(C(=O)N[C@H](C)c2ccc(C(F)(F)F)nc2)N=C1c1ccc(OC)cc1. The second-order valence-electron chi connectivity index (χ2n) is 7.54. The number of aromatic nitrogens is 1. The van der Waals surface area contributed by atoms with Gasteiger partial charge in [0.2, 0.25) is 0 Å². The quantitative estimate of drug-likeness (QED) is 0.706. The van der Waals surface area contributed by atoms with Gasteiger partial charge in [-0.15, -0.1) is 0 Å². The topological polar surface area (TPSA) is 96.4 Å². The summed E-state index contributed by atoms with van der Waals surface area (Å²) in [5.74, 6) is 0.633. The summed E-state index contributed by atoms with van der Waals surface area (Å²) in [5.41, 5.74) is 0.520. The monoisotopic (exact) mass is 479 g/mol. The number of urea groups is 1. The zero-order valence-electron chi connectivity index (χ0n) is 19.0. The van der Waals surface area contributed by atoms with Crippen LogP contribution < -0.4 is 10.1 Å². The molecular weight excluding hydrogens is 455 g/mol. The summed E-state index contributed by atoms with van der Waals surface area (Å²) in [4.78, 5) is 29.8. The van der Waals surface area contributed by atoms with E-state index in [9.17, 15) is 22.8 Å². The first-order chi connectivity index (χ1) is 16.0. The van der Waals surface area contributed by atoms with Crippen LogP contribution in [-0.4, -0.2) is 66.6 Å². The Bertz CT molecular complexity index is 1060. The van der Waals surface area contributed by atoms with Gasteiger partial charge in [-0.25, -0.2) is 14.6 Å². The fourth-order valence-corrected chi connectivity index (χ4v) is 3.38. The van der Waals surface area contributed by atoms with Crippen molar-refractivity contribution in [2.45, 2.75) is 25.2 Å². The molecule has 0 saturated carbocycles. The van der Waals surface area contributed by atoms with E-state index >= 15 is 0 Å². The second kappa shape index (κ2) is 9.98. The van der Waals surface area contributed by atoms with Crippen LogP contribution in [0.4, 0.5) is 22.8 Å². The molecule has 3 rings (SSSR count). The number of nitrogens with one attached hydrogen (secondary N) is 1. The van der Waals surface area contributed by atoms with Crippen molar-refractivity contribution >= 4 is 17.8 Å².